The standard InChI is InChI=1S/C19H15ClF3NO4S/c1-2-27-15-9-12(5-3-10(15)7-16-17(25)24-18(26)29-16)28-14-6-4-11(8-13(14)20)19(21,22)23/h3-6,8-9,16H,2,7H2,1H3,(H,24,25,26). The molecule has 0 spiro atoms. The van der Waals surface area contributed by atoms with Gasteiger partial charge in [-0.15, -0.1) is 0 Å². The van der Waals surface area contributed by atoms with Crippen LogP contribution >= 0.6 is 23.4 Å². The predicted molar refractivity (Wildman–Crippen MR) is 103 cm³/mol. The molecule has 0 aromatic heterocycles. The third-order valence-corrected chi connectivity index (χ3v) is 5.27. The minimum atomic E-state index is -4.50. The summed E-state index contributed by atoms with van der Waals surface area (Å²) >= 11 is 6.84. The van der Waals surface area contributed by atoms with Crippen molar-refractivity contribution >= 4 is 34.5 Å². The Bertz CT molecular complexity index is 952. The fourth-order valence-corrected chi connectivity index (χ4v) is 3.74. The number of rotatable bonds is 6. The number of ether oxygens (including phenoxy) is 2. The van der Waals surface area contributed by atoms with Crippen molar-refractivity contribution in [3.8, 4) is 17.2 Å². The van der Waals surface area contributed by atoms with E-state index in [0.29, 0.717) is 23.7 Å². The first kappa shape index (κ1) is 21.3. The smallest absolute Gasteiger partial charge is 0.416 e. The molecule has 154 valence electrons. The van der Waals surface area contributed by atoms with Crippen molar-refractivity contribution in [1.29, 1.82) is 0 Å². The molecule has 5 nitrogen and oxygen atoms in total. The van der Waals surface area contributed by atoms with Crippen molar-refractivity contribution in [3.05, 3.63) is 52.5 Å². The SMILES string of the molecule is CCOc1cc(Oc2ccc(C(F)(F)F)cc2Cl)ccc1CC1SC(=O)NC1=O. The maximum absolute atomic E-state index is 12.8. The van der Waals surface area contributed by atoms with Crippen LogP contribution in [0.15, 0.2) is 36.4 Å². The molecule has 1 unspecified atom stereocenters. The molecule has 0 radical (unpaired) electrons. The summed E-state index contributed by atoms with van der Waals surface area (Å²) in [5.74, 6) is 0.449. The second kappa shape index (κ2) is 8.54. The van der Waals surface area contributed by atoms with E-state index in [-0.39, 0.29) is 23.1 Å². The maximum atomic E-state index is 12.8. The topological polar surface area (TPSA) is 64.6 Å². The molecule has 0 bridgehead atoms. The van der Waals surface area contributed by atoms with Gasteiger partial charge in [0.25, 0.3) is 5.24 Å². The van der Waals surface area contributed by atoms with Crippen LogP contribution < -0.4 is 14.8 Å². The molecule has 1 atom stereocenters. The molecular formula is C19H15ClF3NO4S. The number of amides is 2. The van der Waals surface area contributed by atoms with E-state index < -0.39 is 22.2 Å². The molecule has 10 heteroatoms. The van der Waals surface area contributed by atoms with E-state index >= 15 is 0 Å². The first-order chi connectivity index (χ1) is 13.7. The van der Waals surface area contributed by atoms with Crippen LogP contribution in [-0.4, -0.2) is 23.0 Å². The zero-order chi connectivity index (χ0) is 21.2. The van der Waals surface area contributed by atoms with E-state index in [1.807, 2.05) is 0 Å². The number of halogens is 4. The van der Waals surface area contributed by atoms with Crippen molar-refractivity contribution in [1.82, 2.24) is 5.32 Å². The number of nitrogens with one attached hydrogen (secondary N) is 1. The second-order valence-electron chi connectivity index (χ2n) is 6.03. The average Bonchev–Trinajstić information content (AvgIpc) is 2.95. The third-order valence-electron chi connectivity index (χ3n) is 4.00. The van der Waals surface area contributed by atoms with Gasteiger partial charge in [0.05, 0.1) is 22.4 Å². The zero-order valence-electron chi connectivity index (χ0n) is 15.0. The van der Waals surface area contributed by atoms with Crippen LogP contribution in [0.25, 0.3) is 0 Å². The highest BCUT2D eigenvalue weighted by Gasteiger charge is 2.33. The monoisotopic (exact) mass is 445 g/mol. The van der Waals surface area contributed by atoms with Gasteiger partial charge < -0.3 is 9.47 Å². The van der Waals surface area contributed by atoms with Gasteiger partial charge in [0, 0.05) is 6.07 Å². The van der Waals surface area contributed by atoms with E-state index in [9.17, 15) is 22.8 Å². The summed E-state index contributed by atoms with van der Waals surface area (Å²) in [5, 5.41) is 1.10. The van der Waals surface area contributed by atoms with Gasteiger partial charge in [0.15, 0.2) is 0 Å². The van der Waals surface area contributed by atoms with Crippen LogP contribution in [0.5, 0.6) is 17.2 Å². The number of hydrogen-bond donors (Lipinski definition) is 1. The van der Waals surface area contributed by atoms with Gasteiger partial charge in [0.2, 0.25) is 5.91 Å². The van der Waals surface area contributed by atoms with E-state index in [1.165, 1.54) is 0 Å². The van der Waals surface area contributed by atoms with Gasteiger partial charge in [-0.25, -0.2) is 0 Å². The zero-order valence-corrected chi connectivity index (χ0v) is 16.6. The highest BCUT2D eigenvalue weighted by atomic mass is 35.5. The number of hydrogen-bond acceptors (Lipinski definition) is 5. The normalized spacial score (nSPS) is 16.7. The first-order valence-corrected chi connectivity index (χ1v) is 9.75. The molecule has 2 aromatic rings. The molecule has 1 heterocycles. The van der Waals surface area contributed by atoms with Crippen molar-refractivity contribution in [2.45, 2.75) is 24.8 Å². The third kappa shape index (κ3) is 5.16. The molecule has 2 amide bonds. The van der Waals surface area contributed by atoms with Crippen molar-refractivity contribution in [2.24, 2.45) is 0 Å². The second-order valence-corrected chi connectivity index (χ2v) is 7.62. The molecular weight excluding hydrogens is 431 g/mol. The Hall–Kier alpha value is -2.39. The van der Waals surface area contributed by atoms with E-state index in [1.54, 1.807) is 25.1 Å². The fourth-order valence-electron chi connectivity index (χ4n) is 2.67. The molecule has 2 aromatic carbocycles. The van der Waals surface area contributed by atoms with Crippen molar-refractivity contribution in [3.63, 3.8) is 0 Å². The van der Waals surface area contributed by atoms with E-state index in [0.717, 1.165) is 30.0 Å². The van der Waals surface area contributed by atoms with Gasteiger partial charge in [-0.1, -0.05) is 29.4 Å². The molecule has 1 aliphatic rings. The largest absolute Gasteiger partial charge is 0.493 e. The average molecular weight is 446 g/mol. The van der Waals surface area contributed by atoms with Crippen molar-refractivity contribution in [2.75, 3.05) is 6.61 Å². The quantitative estimate of drug-likeness (QED) is 0.641. The Labute approximate surface area is 173 Å². The van der Waals surface area contributed by atoms with Crippen LogP contribution in [0, 0.1) is 0 Å². The van der Waals surface area contributed by atoms with E-state index in [2.05, 4.69) is 5.32 Å². The molecule has 0 aliphatic carbocycles. The lowest BCUT2D eigenvalue weighted by atomic mass is 10.1. The maximum Gasteiger partial charge on any atom is 0.416 e. The fraction of sp³-hybridized carbons (Fsp3) is 0.263. The highest BCUT2D eigenvalue weighted by molar-refractivity contribution is 8.15. The minimum absolute atomic E-state index is 0.0613. The Morgan fingerprint density at radius 3 is 2.48 bits per heavy atom. The summed E-state index contributed by atoms with van der Waals surface area (Å²) < 4.78 is 49.5. The molecule has 29 heavy (non-hydrogen) atoms. The summed E-state index contributed by atoms with van der Waals surface area (Å²) in [7, 11) is 0. The van der Waals surface area contributed by atoms with Gasteiger partial charge in [-0.3, -0.25) is 14.9 Å². The summed E-state index contributed by atoms with van der Waals surface area (Å²) in [6, 6.07) is 7.64. The van der Waals surface area contributed by atoms with Crippen LogP contribution in [0.3, 0.4) is 0 Å². The van der Waals surface area contributed by atoms with Crippen LogP contribution in [0.1, 0.15) is 18.1 Å². The van der Waals surface area contributed by atoms with Crippen LogP contribution in [-0.2, 0) is 17.4 Å². The Kier molecular flexibility index (Phi) is 6.28. The number of carbonyl (C=O) groups excluding carboxylic acids is 2. The molecule has 3 rings (SSSR count). The molecule has 0 saturated carbocycles. The predicted octanol–water partition coefficient (Wildman–Crippen LogP) is 5.44. The highest BCUT2D eigenvalue weighted by Crippen LogP contribution is 2.38. The summed E-state index contributed by atoms with van der Waals surface area (Å²) in [6.07, 6.45) is -4.23. The van der Waals surface area contributed by atoms with E-state index in [4.69, 9.17) is 21.1 Å². The Morgan fingerprint density at radius 1 is 1.14 bits per heavy atom. The Balaban J connectivity index is 1.81. The lowest BCUT2D eigenvalue weighted by molar-refractivity contribution is -0.137. The number of imide groups is 1. The minimum Gasteiger partial charge on any atom is -0.493 e. The van der Waals surface area contributed by atoms with Gasteiger partial charge in [0.1, 0.15) is 17.2 Å². The number of alkyl halides is 3. The lowest BCUT2D eigenvalue weighted by Crippen LogP contribution is -2.25. The number of thioether (sulfide) groups is 1. The molecule has 1 aliphatic heterocycles. The first-order valence-electron chi connectivity index (χ1n) is 8.49. The summed E-state index contributed by atoms with van der Waals surface area (Å²) in [4.78, 5) is 23.1. The van der Waals surface area contributed by atoms with Gasteiger partial charge in [-0.2, -0.15) is 13.2 Å². The number of carbonyl (C=O) groups is 2. The molecule has 1 saturated heterocycles. The van der Waals surface area contributed by atoms with Crippen LogP contribution in [0.4, 0.5) is 18.0 Å². The Morgan fingerprint density at radius 2 is 1.90 bits per heavy atom. The molecule has 1 N–H and O–H groups in total. The van der Waals surface area contributed by atoms with Crippen LogP contribution in [0.2, 0.25) is 5.02 Å². The lowest BCUT2D eigenvalue weighted by Gasteiger charge is -2.15. The van der Waals surface area contributed by atoms with Gasteiger partial charge >= 0.3 is 6.18 Å². The summed E-state index contributed by atoms with van der Waals surface area (Å²) in [6.45, 7) is 2.13. The molecule has 1 fully saturated rings. The number of benzene rings is 2. The van der Waals surface area contributed by atoms with Gasteiger partial charge in [-0.05, 0) is 43.2 Å². The van der Waals surface area contributed by atoms with Crippen molar-refractivity contribution < 1.29 is 32.2 Å². The summed E-state index contributed by atoms with van der Waals surface area (Å²) in [5.41, 5.74) is -0.179.